The largest absolute Gasteiger partial charge is 0.500 e. The van der Waals surface area contributed by atoms with Crippen molar-refractivity contribution in [2.75, 3.05) is 62.0 Å². The van der Waals surface area contributed by atoms with Crippen molar-refractivity contribution in [3.05, 3.63) is 72.9 Å². The van der Waals surface area contributed by atoms with Gasteiger partial charge >= 0.3 is 47.9 Å². The second kappa shape index (κ2) is 53.2. The first-order valence-corrected chi connectivity index (χ1v) is 39.5. The average molecular weight is 1330 g/mol. The molecule has 0 N–H and O–H groups in total. The molecule has 2 rings (SSSR count). The van der Waals surface area contributed by atoms with Crippen LogP contribution < -0.4 is 0 Å². The van der Waals surface area contributed by atoms with Crippen molar-refractivity contribution >= 4 is 47.9 Å². The summed E-state index contributed by atoms with van der Waals surface area (Å²) in [6, 6.07) is 1.31. The summed E-state index contributed by atoms with van der Waals surface area (Å²) >= 11 is 0. The number of hydrogen-bond acceptors (Lipinski definition) is 15. The molecule has 1 radical (unpaired) electrons. The highest BCUT2D eigenvalue weighted by Crippen LogP contribution is 2.45. The second-order valence-corrected chi connectivity index (χ2v) is 31.1. The molecule has 2 aliphatic rings. The molecule has 0 amide bonds. The first-order valence-electron chi connectivity index (χ1n) is 36.1. The quantitative estimate of drug-likeness (QED) is 0.0185. The van der Waals surface area contributed by atoms with Crippen LogP contribution in [0.3, 0.4) is 0 Å². The van der Waals surface area contributed by atoms with Crippen LogP contribution in [0.1, 0.15) is 259 Å². The molecule has 0 saturated carbocycles. The minimum Gasteiger partial charge on any atom is -0.465 e. The maximum atomic E-state index is 13.8. The van der Waals surface area contributed by atoms with Gasteiger partial charge in [-0.25, -0.2) is 0 Å². The SMILES string of the molecule is CCCC/C=C/C/C=C/CCCCCCCC(=O)OCC(COC(=O)CCCCCCC/C=C/C1C=CC(CCCC)CC1(C)C(=O)OCCC[Si](OC)(OC)OC)OC(=O)CCCCCCCC1C=CC(/C=C/CCCC)CC1(C)C(=O)OCCC[Si](OC)OC. The predicted octanol–water partition coefficient (Wildman–Crippen LogP) is 18.3. The molecule has 0 spiro atoms. The summed E-state index contributed by atoms with van der Waals surface area (Å²) in [6.45, 7) is 11.0. The molecule has 0 aromatic heterocycles. The molecular weight excluding hydrogens is 1200 g/mol. The van der Waals surface area contributed by atoms with Crippen LogP contribution >= 0.6 is 0 Å². The predicted molar refractivity (Wildman–Crippen MR) is 374 cm³/mol. The third-order valence-corrected chi connectivity index (χ3v) is 22.8. The Labute approximate surface area is 562 Å². The van der Waals surface area contributed by atoms with Crippen LogP contribution in [0, 0.1) is 34.5 Å². The number of unbranched alkanes of at least 4 members (excludes halogenated alkanes) is 19. The highest BCUT2D eigenvalue weighted by atomic mass is 28.4. The number of carbonyl (C=O) groups excluding carboxylic acids is 5. The first-order chi connectivity index (χ1) is 44.6. The van der Waals surface area contributed by atoms with Gasteiger partial charge in [0.2, 0.25) is 0 Å². The van der Waals surface area contributed by atoms with Gasteiger partial charge in [0, 0.05) is 66.8 Å². The smallest absolute Gasteiger partial charge is 0.465 e. The van der Waals surface area contributed by atoms with E-state index >= 15 is 0 Å². The topological polar surface area (TPSA) is 178 Å². The molecule has 0 heterocycles. The zero-order valence-electron chi connectivity index (χ0n) is 59.4. The molecule has 0 bridgehead atoms. The zero-order chi connectivity index (χ0) is 67.4. The summed E-state index contributed by atoms with van der Waals surface area (Å²) in [5.41, 5.74) is -1.29. The second-order valence-electron chi connectivity index (χ2n) is 26.0. The summed E-state index contributed by atoms with van der Waals surface area (Å²) in [7, 11) is 3.98. The van der Waals surface area contributed by atoms with E-state index in [9.17, 15) is 24.0 Å². The van der Waals surface area contributed by atoms with Crippen molar-refractivity contribution in [2.24, 2.45) is 34.5 Å². The van der Waals surface area contributed by atoms with Crippen molar-refractivity contribution in [3.63, 3.8) is 0 Å². The summed E-state index contributed by atoms with van der Waals surface area (Å²) in [5.74, 6) is -0.905. The van der Waals surface area contributed by atoms with Crippen molar-refractivity contribution in [2.45, 2.75) is 278 Å². The Morgan fingerprint density at radius 2 is 0.989 bits per heavy atom. The summed E-state index contributed by atoms with van der Waals surface area (Å²) in [5, 5.41) is 0. The van der Waals surface area contributed by atoms with Crippen LogP contribution in [-0.2, 0) is 69.8 Å². The van der Waals surface area contributed by atoms with E-state index in [0.717, 1.165) is 167 Å². The summed E-state index contributed by atoms with van der Waals surface area (Å²) < 4.78 is 56.5. The van der Waals surface area contributed by atoms with E-state index in [4.69, 9.17) is 45.8 Å². The Balaban J connectivity index is 1.90. The molecule has 0 saturated heterocycles. The van der Waals surface area contributed by atoms with Gasteiger partial charge in [0.25, 0.3) is 0 Å². The highest BCUT2D eigenvalue weighted by Gasteiger charge is 2.46. The molecule has 2 aliphatic carbocycles. The normalized spacial score (nSPS) is 20.5. The van der Waals surface area contributed by atoms with Gasteiger partial charge in [-0.05, 0) is 140 Å². The minimum absolute atomic E-state index is 0.0582. The number of carbonyl (C=O) groups is 5. The van der Waals surface area contributed by atoms with Crippen molar-refractivity contribution < 1.29 is 69.8 Å². The zero-order valence-corrected chi connectivity index (χ0v) is 61.4. The van der Waals surface area contributed by atoms with Crippen molar-refractivity contribution in [3.8, 4) is 0 Å². The highest BCUT2D eigenvalue weighted by molar-refractivity contribution is 6.60. The van der Waals surface area contributed by atoms with E-state index < -0.39 is 41.0 Å². The Bertz CT molecular complexity index is 2130. The lowest BCUT2D eigenvalue weighted by molar-refractivity contribution is -0.167. The van der Waals surface area contributed by atoms with Gasteiger partial charge in [-0.3, -0.25) is 24.0 Å². The summed E-state index contributed by atoms with van der Waals surface area (Å²) in [4.78, 5) is 66.8. The van der Waals surface area contributed by atoms with Crippen molar-refractivity contribution in [1.29, 1.82) is 0 Å². The Morgan fingerprint density at radius 1 is 0.489 bits per heavy atom. The average Bonchev–Trinajstić information content (AvgIpc) is 0.814. The number of rotatable bonds is 57. The van der Waals surface area contributed by atoms with E-state index in [-0.39, 0.29) is 80.7 Å². The van der Waals surface area contributed by atoms with Gasteiger partial charge in [0.05, 0.1) is 24.0 Å². The molecule has 17 heteroatoms. The minimum atomic E-state index is -2.75. The molecule has 0 aromatic carbocycles. The van der Waals surface area contributed by atoms with Crippen LogP contribution in [0.2, 0.25) is 12.1 Å². The van der Waals surface area contributed by atoms with Gasteiger partial charge in [-0.1, -0.05) is 196 Å². The van der Waals surface area contributed by atoms with Gasteiger partial charge in [-0.2, -0.15) is 0 Å². The van der Waals surface area contributed by atoms with E-state index in [2.05, 4.69) is 101 Å². The van der Waals surface area contributed by atoms with E-state index in [1.54, 1.807) is 35.5 Å². The lowest BCUT2D eigenvalue weighted by Gasteiger charge is -2.39. The van der Waals surface area contributed by atoms with Gasteiger partial charge < -0.3 is 45.8 Å². The monoisotopic (exact) mass is 1330 g/mol. The Hall–Kier alpha value is -3.98. The molecule has 92 heavy (non-hydrogen) atoms. The Morgan fingerprint density at radius 3 is 1.57 bits per heavy atom. The van der Waals surface area contributed by atoms with Crippen LogP contribution in [0.25, 0.3) is 0 Å². The number of esters is 5. The first kappa shape index (κ1) is 84.1. The van der Waals surface area contributed by atoms with E-state index in [1.807, 2.05) is 6.92 Å². The van der Waals surface area contributed by atoms with E-state index in [1.165, 1.54) is 12.8 Å². The fourth-order valence-corrected chi connectivity index (χ4v) is 14.9. The molecule has 7 unspecified atom stereocenters. The molecule has 527 valence electrons. The van der Waals surface area contributed by atoms with Crippen LogP contribution in [0.4, 0.5) is 0 Å². The van der Waals surface area contributed by atoms with Gasteiger partial charge in [0.15, 0.2) is 6.10 Å². The molecular formula is C75H129O15Si2. The van der Waals surface area contributed by atoms with Crippen LogP contribution in [0.5, 0.6) is 0 Å². The Kier molecular flexibility index (Phi) is 48.6. The maximum absolute atomic E-state index is 13.8. The molecule has 15 nitrogen and oxygen atoms in total. The fourth-order valence-electron chi connectivity index (χ4n) is 12.2. The fraction of sp³-hybridized carbons (Fsp3) is 0.773. The van der Waals surface area contributed by atoms with Crippen molar-refractivity contribution in [1.82, 2.24) is 0 Å². The molecule has 0 fully saturated rings. The number of ether oxygens (including phenoxy) is 5. The molecule has 0 aliphatic heterocycles. The third-order valence-electron chi connectivity index (χ3n) is 18.3. The summed E-state index contributed by atoms with van der Waals surface area (Å²) in [6.07, 6.45) is 57.3. The third kappa shape index (κ3) is 36.8. The number of hydrogen-bond donors (Lipinski definition) is 0. The van der Waals surface area contributed by atoms with E-state index in [0.29, 0.717) is 50.7 Å². The molecule has 7 atom stereocenters. The lowest BCUT2D eigenvalue weighted by Crippen LogP contribution is -2.43. The molecule has 0 aromatic rings. The van der Waals surface area contributed by atoms with Crippen LogP contribution in [0.15, 0.2) is 72.9 Å². The lowest BCUT2D eigenvalue weighted by atomic mass is 9.65. The van der Waals surface area contributed by atoms with Crippen LogP contribution in [-0.4, -0.2) is 116 Å². The standard InChI is InChI=1S/C75H129O15Si2/c1-11-14-17-19-20-21-22-23-24-25-26-29-34-40-49-69(76)88-62-68(90-71(78)51-42-36-31-33-39-48-67-55-53-65(46-37-18-15-12-2)61-75(67,5)72(79)86-56-43-58-91(81-6)82-7)63-89-70(77)50-41-35-30-27-28-32-38-47-66-54-52-64(45-16-13-3)60-74(66,4)73(80)87-57-44-59-92(83-8,84-9)85-10/h19-20,22-23,37-38,46-47,52-55,64-68H,11-18,21,24-36,39-45,48-51,56-63H2,1-10H3/b20-19+,23-22+,46-37+,47-38+. The van der Waals surface area contributed by atoms with Gasteiger partial charge in [-0.15, -0.1) is 0 Å². The van der Waals surface area contributed by atoms with Gasteiger partial charge in [0.1, 0.15) is 13.2 Å². The maximum Gasteiger partial charge on any atom is 0.500 e. The number of allylic oxidation sites excluding steroid dienone is 12.